The van der Waals surface area contributed by atoms with Crippen molar-refractivity contribution in [1.82, 2.24) is 20.2 Å². The lowest BCUT2D eigenvalue weighted by Gasteiger charge is -2.38. The Labute approximate surface area is 131 Å². The van der Waals surface area contributed by atoms with Gasteiger partial charge in [0.25, 0.3) is 0 Å². The molecule has 2 N–H and O–H groups in total. The number of rotatable bonds is 5. The summed E-state index contributed by atoms with van der Waals surface area (Å²) >= 11 is 0. The molecule has 1 unspecified atom stereocenters. The molecule has 6 nitrogen and oxygen atoms in total. The lowest BCUT2D eigenvalue weighted by Crippen LogP contribution is -2.49. The van der Waals surface area contributed by atoms with Crippen LogP contribution in [0.4, 0.5) is 0 Å². The minimum absolute atomic E-state index is 0.110. The van der Waals surface area contributed by atoms with Gasteiger partial charge in [0.1, 0.15) is 5.82 Å². The molecule has 1 aromatic heterocycles. The number of carbonyl (C=O) groups is 1. The minimum Gasteiger partial charge on any atom is -0.388 e. The Balaban J connectivity index is 1.58. The first-order valence-electron chi connectivity index (χ1n) is 8.04. The van der Waals surface area contributed by atoms with Crippen LogP contribution in [0.3, 0.4) is 0 Å². The highest BCUT2D eigenvalue weighted by molar-refractivity contribution is 5.76. The number of carbonyl (C=O) groups excluding carboxylic acids is 1. The SMILES string of the molecule is CNC(=O)CC1(O)CCCN(Cc2cnc(C3CC3)nc2)C1. The van der Waals surface area contributed by atoms with E-state index in [4.69, 9.17) is 0 Å². The van der Waals surface area contributed by atoms with Crippen molar-refractivity contribution in [3.63, 3.8) is 0 Å². The molecule has 1 aromatic rings. The second kappa shape index (κ2) is 6.30. The van der Waals surface area contributed by atoms with Gasteiger partial charge in [0.2, 0.25) is 5.91 Å². The topological polar surface area (TPSA) is 78.4 Å². The van der Waals surface area contributed by atoms with Gasteiger partial charge in [-0.3, -0.25) is 9.69 Å². The molecule has 0 spiro atoms. The van der Waals surface area contributed by atoms with E-state index in [0.717, 1.165) is 30.9 Å². The molecule has 0 radical (unpaired) electrons. The Kier molecular flexibility index (Phi) is 4.40. The number of hydrogen-bond acceptors (Lipinski definition) is 5. The van der Waals surface area contributed by atoms with Gasteiger partial charge >= 0.3 is 0 Å². The van der Waals surface area contributed by atoms with E-state index in [2.05, 4.69) is 20.2 Å². The Bertz CT molecular complexity index is 529. The first kappa shape index (κ1) is 15.4. The summed E-state index contributed by atoms with van der Waals surface area (Å²) in [5.74, 6) is 1.42. The Hall–Kier alpha value is -1.53. The molecule has 6 heteroatoms. The van der Waals surface area contributed by atoms with Gasteiger partial charge in [-0.2, -0.15) is 0 Å². The number of amides is 1. The van der Waals surface area contributed by atoms with Crippen molar-refractivity contribution in [3.8, 4) is 0 Å². The maximum Gasteiger partial charge on any atom is 0.222 e. The number of β-amino-alcohol motifs (C(OH)–C–C–N with tert-alkyl or cyclic N) is 1. The molecule has 22 heavy (non-hydrogen) atoms. The van der Waals surface area contributed by atoms with Crippen molar-refractivity contribution >= 4 is 5.91 Å². The zero-order chi connectivity index (χ0) is 15.6. The first-order chi connectivity index (χ1) is 10.6. The van der Waals surface area contributed by atoms with E-state index >= 15 is 0 Å². The lowest BCUT2D eigenvalue weighted by atomic mass is 9.89. The van der Waals surface area contributed by atoms with Gasteiger partial charge in [-0.05, 0) is 32.2 Å². The number of likely N-dealkylation sites (tertiary alicyclic amines) is 1. The molecule has 2 aliphatic rings. The monoisotopic (exact) mass is 304 g/mol. The third-order valence-corrected chi connectivity index (χ3v) is 4.48. The van der Waals surface area contributed by atoms with E-state index < -0.39 is 5.60 Å². The highest BCUT2D eigenvalue weighted by Crippen LogP contribution is 2.37. The van der Waals surface area contributed by atoms with E-state index in [1.54, 1.807) is 7.05 Å². The molecule has 1 atom stereocenters. The predicted octanol–water partition coefficient (Wildman–Crippen LogP) is 0.817. The van der Waals surface area contributed by atoms with Crippen LogP contribution < -0.4 is 5.32 Å². The van der Waals surface area contributed by atoms with E-state index in [9.17, 15) is 9.90 Å². The molecule has 120 valence electrons. The molecule has 1 amide bonds. The zero-order valence-corrected chi connectivity index (χ0v) is 13.1. The van der Waals surface area contributed by atoms with Crippen LogP contribution in [0, 0.1) is 0 Å². The Morgan fingerprint density at radius 2 is 2.18 bits per heavy atom. The smallest absolute Gasteiger partial charge is 0.222 e. The van der Waals surface area contributed by atoms with Crippen molar-refractivity contribution in [2.45, 2.75) is 50.2 Å². The summed E-state index contributed by atoms with van der Waals surface area (Å²) in [6.07, 6.45) is 7.94. The van der Waals surface area contributed by atoms with Crippen molar-refractivity contribution in [1.29, 1.82) is 0 Å². The van der Waals surface area contributed by atoms with E-state index in [-0.39, 0.29) is 12.3 Å². The van der Waals surface area contributed by atoms with Gasteiger partial charge in [-0.25, -0.2) is 9.97 Å². The maximum absolute atomic E-state index is 11.5. The summed E-state index contributed by atoms with van der Waals surface area (Å²) in [6.45, 7) is 2.17. The molecule has 2 fully saturated rings. The average molecular weight is 304 g/mol. The van der Waals surface area contributed by atoms with Crippen LogP contribution in [-0.2, 0) is 11.3 Å². The average Bonchev–Trinajstić information content (AvgIpc) is 3.32. The second-order valence-corrected chi connectivity index (χ2v) is 6.61. The highest BCUT2D eigenvalue weighted by Gasteiger charge is 2.35. The summed E-state index contributed by atoms with van der Waals surface area (Å²) in [4.78, 5) is 22.6. The predicted molar refractivity (Wildman–Crippen MR) is 82.2 cm³/mol. The van der Waals surface area contributed by atoms with Crippen LogP contribution >= 0.6 is 0 Å². The van der Waals surface area contributed by atoms with Crippen LogP contribution in [0.25, 0.3) is 0 Å². The molecular formula is C16H24N4O2. The van der Waals surface area contributed by atoms with Crippen LogP contribution in [0.15, 0.2) is 12.4 Å². The Morgan fingerprint density at radius 1 is 1.45 bits per heavy atom. The fourth-order valence-electron chi connectivity index (χ4n) is 3.13. The molecule has 0 bridgehead atoms. The minimum atomic E-state index is -0.923. The molecule has 1 saturated carbocycles. The van der Waals surface area contributed by atoms with Crippen LogP contribution in [0.1, 0.15) is 49.4 Å². The number of piperidine rings is 1. The van der Waals surface area contributed by atoms with E-state index in [0.29, 0.717) is 18.9 Å². The van der Waals surface area contributed by atoms with Gasteiger partial charge in [-0.1, -0.05) is 0 Å². The number of nitrogens with zero attached hydrogens (tertiary/aromatic N) is 3. The van der Waals surface area contributed by atoms with Crippen molar-refractivity contribution in [2.75, 3.05) is 20.1 Å². The Morgan fingerprint density at radius 3 is 2.82 bits per heavy atom. The van der Waals surface area contributed by atoms with E-state index in [1.807, 2.05) is 12.4 Å². The summed E-state index contributed by atoms with van der Waals surface area (Å²) in [5, 5.41) is 13.2. The van der Waals surface area contributed by atoms with E-state index in [1.165, 1.54) is 12.8 Å². The van der Waals surface area contributed by atoms with Gasteiger partial charge < -0.3 is 10.4 Å². The fraction of sp³-hybridized carbons (Fsp3) is 0.688. The fourth-order valence-corrected chi connectivity index (χ4v) is 3.13. The van der Waals surface area contributed by atoms with Gasteiger partial charge in [0.05, 0.1) is 12.0 Å². The highest BCUT2D eigenvalue weighted by atomic mass is 16.3. The summed E-state index contributed by atoms with van der Waals surface area (Å²) < 4.78 is 0. The van der Waals surface area contributed by atoms with Crippen molar-refractivity contribution in [3.05, 3.63) is 23.8 Å². The second-order valence-electron chi connectivity index (χ2n) is 6.61. The van der Waals surface area contributed by atoms with Crippen molar-refractivity contribution in [2.24, 2.45) is 0 Å². The van der Waals surface area contributed by atoms with Crippen LogP contribution in [-0.4, -0.2) is 51.6 Å². The maximum atomic E-state index is 11.5. The van der Waals surface area contributed by atoms with Crippen LogP contribution in [0.5, 0.6) is 0 Å². The zero-order valence-electron chi connectivity index (χ0n) is 13.1. The molecule has 3 rings (SSSR count). The first-order valence-corrected chi connectivity index (χ1v) is 8.04. The molecule has 1 aliphatic carbocycles. The summed E-state index contributed by atoms with van der Waals surface area (Å²) in [6, 6.07) is 0. The van der Waals surface area contributed by atoms with Gasteiger partial charge in [0.15, 0.2) is 0 Å². The standard InChI is InChI=1S/C16H24N4O2/c1-17-14(21)7-16(22)5-2-6-20(11-16)10-12-8-18-15(19-9-12)13-3-4-13/h8-9,13,22H,2-7,10-11H2,1H3,(H,17,21). The normalized spacial score (nSPS) is 25.9. The largest absolute Gasteiger partial charge is 0.388 e. The third kappa shape index (κ3) is 3.81. The van der Waals surface area contributed by atoms with Crippen LogP contribution in [0.2, 0.25) is 0 Å². The van der Waals surface area contributed by atoms with Gasteiger partial charge in [-0.15, -0.1) is 0 Å². The molecule has 1 aliphatic heterocycles. The number of aliphatic hydroxyl groups is 1. The quantitative estimate of drug-likeness (QED) is 0.842. The number of hydrogen-bond donors (Lipinski definition) is 2. The van der Waals surface area contributed by atoms with Crippen molar-refractivity contribution < 1.29 is 9.90 Å². The molecule has 0 aromatic carbocycles. The summed E-state index contributed by atoms with van der Waals surface area (Å²) in [5.41, 5.74) is 0.140. The molecule has 1 saturated heterocycles. The molecular weight excluding hydrogens is 280 g/mol. The number of nitrogens with one attached hydrogen (secondary N) is 1. The third-order valence-electron chi connectivity index (χ3n) is 4.48. The lowest BCUT2D eigenvalue weighted by molar-refractivity contribution is -0.128. The number of aromatic nitrogens is 2. The van der Waals surface area contributed by atoms with Gasteiger partial charge in [0, 0.05) is 44.0 Å². The molecule has 2 heterocycles. The summed E-state index contributed by atoms with van der Waals surface area (Å²) in [7, 11) is 1.60.